The summed E-state index contributed by atoms with van der Waals surface area (Å²) in [6, 6.07) is -0.683. The van der Waals surface area contributed by atoms with Crippen LogP contribution in [0.4, 0.5) is 5.95 Å². The summed E-state index contributed by atoms with van der Waals surface area (Å²) in [4.78, 5) is 33.6. The number of nitrogens with two attached hydrogens (primary N) is 2. The average Bonchev–Trinajstić information content (AvgIpc) is 2.84. The van der Waals surface area contributed by atoms with Crippen molar-refractivity contribution in [2.75, 3.05) is 17.7 Å². The first-order valence-corrected chi connectivity index (χ1v) is 7.01. The van der Waals surface area contributed by atoms with E-state index in [0.717, 1.165) is 5.75 Å². The zero-order chi connectivity index (χ0) is 15.1. The van der Waals surface area contributed by atoms with Crippen LogP contribution < -0.4 is 17.0 Å². The molecule has 0 radical (unpaired) electrons. The fraction of sp³-hybridized carbons (Fsp3) is 0.400. The molecule has 2 aromatic rings. The molecule has 20 heavy (non-hydrogen) atoms. The lowest BCUT2D eigenvalue weighted by Crippen LogP contribution is -2.30. The van der Waals surface area contributed by atoms with Crippen molar-refractivity contribution < 1.29 is 9.90 Å². The summed E-state index contributed by atoms with van der Waals surface area (Å²) in [6.07, 6.45) is 3.87. The number of hydrogen-bond donors (Lipinski definition) is 5. The molecule has 7 N–H and O–H groups in total. The maximum Gasteiger partial charge on any atom is 0.320 e. The zero-order valence-electron chi connectivity index (χ0n) is 10.8. The lowest BCUT2D eigenvalue weighted by Gasteiger charge is -2.02. The summed E-state index contributed by atoms with van der Waals surface area (Å²) in [7, 11) is 0. The van der Waals surface area contributed by atoms with Crippen LogP contribution in [-0.2, 0) is 4.79 Å². The van der Waals surface area contributed by atoms with Gasteiger partial charge in [-0.2, -0.15) is 16.7 Å². The van der Waals surface area contributed by atoms with Crippen molar-refractivity contribution >= 4 is 34.8 Å². The van der Waals surface area contributed by atoms with Gasteiger partial charge in [0, 0.05) is 0 Å². The van der Waals surface area contributed by atoms with Crippen LogP contribution in [0.5, 0.6) is 0 Å². The van der Waals surface area contributed by atoms with Crippen LogP contribution in [0.2, 0.25) is 0 Å². The Morgan fingerprint density at radius 2 is 2.30 bits per heavy atom. The Morgan fingerprint density at radius 1 is 1.60 bits per heavy atom. The first-order chi connectivity index (χ1) is 9.45. The molecule has 0 aliphatic rings. The van der Waals surface area contributed by atoms with Crippen molar-refractivity contribution in [2.24, 2.45) is 5.73 Å². The van der Waals surface area contributed by atoms with Crippen molar-refractivity contribution in [3.8, 4) is 0 Å². The Labute approximate surface area is 118 Å². The Bertz CT molecular complexity index is 625. The van der Waals surface area contributed by atoms with E-state index in [1.54, 1.807) is 11.8 Å². The number of thioether (sulfide) groups is 1. The highest BCUT2D eigenvalue weighted by Crippen LogP contribution is 1.99. The van der Waals surface area contributed by atoms with E-state index in [-0.39, 0.29) is 11.5 Å². The van der Waals surface area contributed by atoms with Gasteiger partial charge in [-0.05, 0) is 18.4 Å². The normalized spacial score (nSPS) is 11.7. The minimum atomic E-state index is -0.913. The zero-order valence-corrected chi connectivity index (χ0v) is 11.6. The smallest absolute Gasteiger partial charge is 0.320 e. The standard InChI is InChI=1S/C5H5N5O.C5H11NO2S/c6-5-9-3-2(4(11)10-5)7-1-8-3;1-9-3-2-4(6)5(7)8/h1H,(H4,6,7,8,9,10,11);4H,2-3,6H2,1H3,(H,7,8). The van der Waals surface area contributed by atoms with E-state index in [4.69, 9.17) is 16.6 Å². The molecular formula is C10H16N6O3S. The average molecular weight is 300 g/mol. The number of fused-ring (bicyclic) bond motifs is 1. The van der Waals surface area contributed by atoms with E-state index < -0.39 is 12.0 Å². The quantitative estimate of drug-likeness (QED) is 0.498. The van der Waals surface area contributed by atoms with Gasteiger partial charge in [0.25, 0.3) is 5.56 Å². The summed E-state index contributed by atoms with van der Waals surface area (Å²) in [5.41, 5.74) is 10.8. The number of rotatable bonds is 4. The predicted octanol–water partition coefficient (Wildman–Crippen LogP) is -0.620. The number of imidazole rings is 1. The van der Waals surface area contributed by atoms with E-state index >= 15 is 0 Å². The lowest BCUT2D eigenvalue weighted by atomic mass is 10.2. The number of nitrogens with one attached hydrogen (secondary N) is 2. The molecule has 0 amide bonds. The van der Waals surface area contributed by atoms with Crippen molar-refractivity contribution in [1.82, 2.24) is 19.9 Å². The molecule has 110 valence electrons. The van der Waals surface area contributed by atoms with E-state index in [1.807, 2.05) is 6.26 Å². The van der Waals surface area contributed by atoms with Gasteiger partial charge >= 0.3 is 5.97 Å². The molecule has 0 spiro atoms. The van der Waals surface area contributed by atoms with Crippen LogP contribution in [0, 0.1) is 0 Å². The van der Waals surface area contributed by atoms with E-state index in [2.05, 4.69) is 19.9 Å². The number of hydrogen-bond acceptors (Lipinski definition) is 7. The summed E-state index contributed by atoms with van der Waals surface area (Å²) in [5.74, 6) is -0.0216. The van der Waals surface area contributed by atoms with Crippen LogP contribution in [0.25, 0.3) is 11.2 Å². The number of nitrogen functional groups attached to an aromatic ring is 1. The summed E-state index contributed by atoms with van der Waals surface area (Å²) in [5, 5.41) is 8.27. The van der Waals surface area contributed by atoms with E-state index in [0.29, 0.717) is 17.6 Å². The molecule has 10 heteroatoms. The highest BCUT2D eigenvalue weighted by Gasteiger charge is 2.09. The topological polar surface area (TPSA) is 164 Å². The number of nitrogens with zero attached hydrogens (tertiary/aromatic N) is 2. The molecular weight excluding hydrogens is 284 g/mol. The molecule has 0 aromatic carbocycles. The summed E-state index contributed by atoms with van der Waals surface area (Å²) in [6.45, 7) is 0. The second kappa shape index (κ2) is 7.50. The van der Waals surface area contributed by atoms with Gasteiger partial charge in [-0.1, -0.05) is 0 Å². The van der Waals surface area contributed by atoms with Gasteiger partial charge in [-0.25, -0.2) is 4.98 Å². The fourth-order valence-corrected chi connectivity index (χ4v) is 1.72. The number of carboxylic acid groups (broad SMARTS) is 1. The van der Waals surface area contributed by atoms with Crippen molar-refractivity contribution in [3.63, 3.8) is 0 Å². The van der Waals surface area contributed by atoms with Gasteiger partial charge in [-0.15, -0.1) is 0 Å². The predicted molar refractivity (Wildman–Crippen MR) is 77.5 cm³/mol. The van der Waals surface area contributed by atoms with Gasteiger partial charge in [0.15, 0.2) is 11.2 Å². The molecule has 1 atom stereocenters. The second-order valence-electron chi connectivity index (χ2n) is 3.78. The number of carboxylic acids is 1. The molecule has 2 aromatic heterocycles. The lowest BCUT2D eigenvalue weighted by molar-refractivity contribution is -0.138. The SMILES string of the molecule is CSCCC(N)C(=O)O.Nc1nc2nc[nH]c2c(=O)[nH]1. The molecule has 0 saturated heterocycles. The summed E-state index contributed by atoms with van der Waals surface area (Å²) >= 11 is 1.60. The van der Waals surface area contributed by atoms with Gasteiger partial charge in [-0.3, -0.25) is 14.6 Å². The third kappa shape index (κ3) is 4.55. The minimum absolute atomic E-state index is 0.0783. The monoisotopic (exact) mass is 300 g/mol. The molecule has 9 nitrogen and oxygen atoms in total. The molecule has 0 saturated carbocycles. The Morgan fingerprint density at radius 3 is 2.90 bits per heavy atom. The number of anilines is 1. The first-order valence-electron chi connectivity index (χ1n) is 5.62. The van der Waals surface area contributed by atoms with Crippen LogP contribution >= 0.6 is 11.8 Å². The highest BCUT2D eigenvalue weighted by atomic mass is 32.2. The molecule has 0 bridgehead atoms. The highest BCUT2D eigenvalue weighted by molar-refractivity contribution is 7.98. The second-order valence-corrected chi connectivity index (χ2v) is 4.76. The van der Waals surface area contributed by atoms with Crippen LogP contribution in [-0.4, -0.2) is 49.1 Å². The van der Waals surface area contributed by atoms with Crippen molar-refractivity contribution in [2.45, 2.75) is 12.5 Å². The maximum atomic E-state index is 11.0. The molecule has 0 fully saturated rings. The van der Waals surface area contributed by atoms with Gasteiger partial charge in [0.05, 0.1) is 6.33 Å². The maximum absolute atomic E-state index is 11.0. The first kappa shape index (κ1) is 16.0. The van der Waals surface area contributed by atoms with Crippen molar-refractivity contribution in [1.29, 1.82) is 0 Å². The molecule has 2 rings (SSSR count). The Balaban J connectivity index is 0.000000206. The van der Waals surface area contributed by atoms with Crippen LogP contribution in [0.15, 0.2) is 11.1 Å². The Hall–Kier alpha value is -2.07. The number of aromatic nitrogens is 4. The largest absolute Gasteiger partial charge is 0.480 e. The van der Waals surface area contributed by atoms with Crippen LogP contribution in [0.3, 0.4) is 0 Å². The van der Waals surface area contributed by atoms with Crippen LogP contribution in [0.1, 0.15) is 6.42 Å². The fourth-order valence-electron chi connectivity index (χ4n) is 1.23. The van der Waals surface area contributed by atoms with Gasteiger partial charge in [0.1, 0.15) is 6.04 Å². The van der Waals surface area contributed by atoms with Gasteiger partial charge < -0.3 is 21.6 Å². The molecule has 0 aliphatic carbocycles. The number of H-pyrrole nitrogens is 2. The number of carbonyl (C=O) groups is 1. The third-order valence-corrected chi connectivity index (χ3v) is 2.91. The third-order valence-electron chi connectivity index (χ3n) is 2.26. The van der Waals surface area contributed by atoms with Gasteiger partial charge in [0.2, 0.25) is 5.95 Å². The van der Waals surface area contributed by atoms with Crippen molar-refractivity contribution in [3.05, 3.63) is 16.7 Å². The Kier molecular flexibility index (Phi) is 6.00. The molecule has 1 unspecified atom stereocenters. The molecule has 2 heterocycles. The number of aliphatic carboxylic acids is 1. The number of aromatic amines is 2. The summed E-state index contributed by atoms with van der Waals surface area (Å²) < 4.78 is 0. The minimum Gasteiger partial charge on any atom is -0.480 e. The molecule has 0 aliphatic heterocycles. The van der Waals surface area contributed by atoms with E-state index in [1.165, 1.54) is 6.33 Å². The van der Waals surface area contributed by atoms with E-state index in [9.17, 15) is 9.59 Å².